The van der Waals surface area contributed by atoms with E-state index < -0.39 is 0 Å². The molecule has 0 atom stereocenters. The van der Waals surface area contributed by atoms with E-state index in [0.29, 0.717) is 13.2 Å². The number of ether oxygens (including phenoxy) is 1. The van der Waals surface area contributed by atoms with Gasteiger partial charge < -0.3 is 19.5 Å². The minimum absolute atomic E-state index is 0. The van der Waals surface area contributed by atoms with E-state index in [9.17, 15) is 0 Å². The average molecular weight is 380 g/mol. The van der Waals surface area contributed by atoms with Crippen molar-refractivity contribution in [1.82, 2.24) is 14.8 Å². The van der Waals surface area contributed by atoms with Crippen molar-refractivity contribution in [2.45, 2.75) is 13.5 Å². The van der Waals surface area contributed by atoms with Gasteiger partial charge in [0.2, 0.25) is 0 Å². The fraction of sp³-hybridized carbons (Fsp3) is 0.615. The molecule has 6 heteroatoms. The van der Waals surface area contributed by atoms with Gasteiger partial charge in [-0.2, -0.15) is 0 Å². The number of hydrogen-bond donors (Lipinski definition) is 1. The molecule has 0 aliphatic carbocycles. The van der Waals surface area contributed by atoms with Crippen LogP contribution in [0.1, 0.15) is 12.6 Å². The van der Waals surface area contributed by atoms with Crippen LogP contribution in [0, 0.1) is 0 Å². The highest BCUT2D eigenvalue weighted by Gasteiger charge is 2.07. The molecule has 5 nitrogen and oxygen atoms in total. The smallest absolute Gasteiger partial charge is 0.194 e. The summed E-state index contributed by atoms with van der Waals surface area (Å²) in [5, 5.41) is 3.28. The van der Waals surface area contributed by atoms with E-state index >= 15 is 0 Å². The predicted molar refractivity (Wildman–Crippen MR) is 90.1 cm³/mol. The summed E-state index contributed by atoms with van der Waals surface area (Å²) in [6.45, 7) is 5.09. The zero-order valence-electron chi connectivity index (χ0n) is 12.2. The number of nitrogens with zero attached hydrogens (tertiary/aromatic N) is 3. The molecule has 1 N–H and O–H groups in total. The summed E-state index contributed by atoms with van der Waals surface area (Å²) in [6.07, 6.45) is 2.05. The van der Waals surface area contributed by atoms with Gasteiger partial charge >= 0.3 is 0 Å². The molecule has 0 radical (unpaired) electrons. The molecule has 0 fully saturated rings. The van der Waals surface area contributed by atoms with Crippen LogP contribution in [0.15, 0.2) is 23.3 Å². The van der Waals surface area contributed by atoms with Crippen LogP contribution < -0.4 is 5.32 Å². The zero-order valence-corrected chi connectivity index (χ0v) is 14.5. The van der Waals surface area contributed by atoms with E-state index in [0.717, 1.165) is 19.0 Å². The highest BCUT2D eigenvalue weighted by Crippen LogP contribution is 2.03. The Morgan fingerprint density at radius 2 is 2.26 bits per heavy atom. The summed E-state index contributed by atoms with van der Waals surface area (Å²) < 4.78 is 7.14. The topological polar surface area (TPSA) is 41.8 Å². The molecule has 0 aromatic carbocycles. The molecular formula is C13H25IN4O. The maximum Gasteiger partial charge on any atom is 0.194 e. The Hall–Kier alpha value is -0.760. The Morgan fingerprint density at radius 1 is 1.53 bits per heavy atom. The molecule has 19 heavy (non-hydrogen) atoms. The largest absolute Gasteiger partial charge is 0.383 e. The Balaban J connectivity index is 0.00000324. The third kappa shape index (κ3) is 6.29. The first-order valence-corrected chi connectivity index (χ1v) is 6.27. The normalized spacial score (nSPS) is 11.1. The summed E-state index contributed by atoms with van der Waals surface area (Å²) in [5.41, 5.74) is 1.26. The number of aryl methyl sites for hydroxylation is 1. The van der Waals surface area contributed by atoms with Crippen molar-refractivity contribution in [3.63, 3.8) is 0 Å². The van der Waals surface area contributed by atoms with E-state index in [4.69, 9.17) is 4.74 Å². The van der Waals surface area contributed by atoms with Crippen LogP contribution in [0.5, 0.6) is 0 Å². The van der Waals surface area contributed by atoms with E-state index in [1.807, 2.05) is 7.05 Å². The van der Waals surface area contributed by atoms with E-state index in [-0.39, 0.29) is 24.0 Å². The van der Waals surface area contributed by atoms with Crippen LogP contribution >= 0.6 is 24.0 Å². The fourth-order valence-electron chi connectivity index (χ4n) is 1.69. The molecule has 110 valence electrons. The SMILES string of the molecule is CCNC(=NCCOC)N(C)Cc1cccn1C.I. The third-order valence-electron chi connectivity index (χ3n) is 2.70. The second kappa shape index (κ2) is 10.1. The lowest BCUT2D eigenvalue weighted by molar-refractivity contribution is 0.207. The van der Waals surface area contributed by atoms with Gasteiger partial charge in [-0.3, -0.25) is 4.99 Å². The number of aliphatic imine (C=N–C) groups is 1. The third-order valence-corrected chi connectivity index (χ3v) is 2.70. The summed E-state index contributed by atoms with van der Waals surface area (Å²) in [7, 11) is 5.79. The van der Waals surface area contributed by atoms with E-state index in [2.05, 4.69) is 52.1 Å². The molecule has 1 aromatic heterocycles. The summed E-state index contributed by atoms with van der Waals surface area (Å²) in [6, 6.07) is 4.17. The molecule has 0 amide bonds. The lowest BCUT2D eigenvalue weighted by Crippen LogP contribution is -2.39. The number of halogens is 1. The number of nitrogens with one attached hydrogen (secondary N) is 1. The van der Waals surface area contributed by atoms with Crippen LogP contribution in [-0.4, -0.2) is 49.3 Å². The molecule has 1 aromatic rings. The lowest BCUT2D eigenvalue weighted by atomic mass is 10.4. The van der Waals surface area contributed by atoms with Crippen molar-refractivity contribution >= 4 is 29.9 Å². The molecule has 0 saturated carbocycles. The highest BCUT2D eigenvalue weighted by molar-refractivity contribution is 14.0. The maximum atomic E-state index is 5.02. The second-order valence-electron chi connectivity index (χ2n) is 4.19. The summed E-state index contributed by atoms with van der Waals surface area (Å²) >= 11 is 0. The second-order valence-corrected chi connectivity index (χ2v) is 4.19. The number of hydrogen-bond acceptors (Lipinski definition) is 2. The molecule has 0 aliphatic rings. The maximum absolute atomic E-state index is 5.02. The van der Waals surface area contributed by atoms with Gasteiger partial charge in [0.05, 0.1) is 19.7 Å². The quantitative estimate of drug-likeness (QED) is 0.354. The van der Waals surface area contributed by atoms with Gasteiger partial charge in [-0.1, -0.05) is 0 Å². The minimum atomic E-state index is 0. The van der Waals surface area contributed by atoms with Crippen LogP contribution in [0.4, 0.5) is 0 Å². The van der Waals surface area contributed by atoms with E-state index in [1.165, 1.54) is 5.69 Å². The molecular weight excluding hydrogens is 355 g/mol. The van der Waals surface area contributed by atoms with Gasteiger partial charge in [0.15, 0.2) is 5.96 Å². The van der Waals surface area contributed by atoms with Crippen LogP contribution in [-0.2, 0) is 18.3 Å². The molecule has 0 aliphatic heterocycles. The van der Waals surface area contributed by atoms with Gasteiger partial charge in [0.25, 0.3) is 0 Å². The van der Waals surface area contributed by atoms with Crippen LogP contribution in [0.25, 0.3) is 0 Å². The first-order chi connectivity index (χ1) is 8.69. The van der Waals surface area contributed by atoms with Gasteiger partial charge in [-0.25, -0.2) is 0 Å². The number of methoxy groups -OCH3 is 1. The van der Waals surface area contributed by atoms with Gasteiger partial charge in [0, 0.05) is 39.6 Å². The minimum Gasteiger partial charge on any atom is -0.383 e. The Bertz CT molecular complexity index is 378. The van der Waals surface area contributed by atoms with Gasteiger partial charge in [-0.15, -0.1) is 24.0 Å². The summed E-state index contributed by atoms with van der Waals surface area (Å²) in [4.78, 5) is 6.63. The van der Waals surface area contributed by atoms with Gasteiger partial charge in [0.1, 0.15) is 0 Å². The van der Waals surface area contributed by atoms with Crippen molar-refractivity contribution < 1.29 is 4.74 Å². The Kier molecular flexibility index (Phi) is 9.68. The molecule has 0 bridgehead atoms. The van der Waals surface area contributed by atoms with Crippen LogP contribution in [0.2, 0.25) is 0 Å². The first-order valence-electron chi connectivity index (χ1n) is 6.27. The molecule has 0 spiro atoms. The zero-order chi connectivity index (χ0) is 13.4. The van der Waals surface area contributed by atoms with E-state index in [1.54, 1.807) is 7.11 Å². The predicted octanol–water partition coefficient (Wildman–Crippen LogP) is 1.69. The molecule has 1 heterocycles. The van der Waals surface area contributed by atoms with Crippen LogP contribution in [0.3, 0.4) is 0 Å². The Labute approximate surface area is 133 Å². The van der Waals surface area contributed by atoms with Gasteiger partial charge in [-0.05, 0) is 19.1 Å². The van der Waals surface area contributed by atoms with Crippen molar-refractivity contribution in [2.75, 3.05) is 33.9 Å². The number of rotatable bonds is 6. The highest BCUT2D eigenvalue weighted by atomic mass is 127. The molecule has 1 rings (SSSR count). The fourth-order valence-corrected chi connectivity index (χ4v) is 1.69. The van der Waals surface area contributed by atoms with Crippen molar-refractivity contribution in [3.8, 4) is 0 Å². The molecule has 0 saturated heterocycles. The summed E-state index contributed by atoms with van der Waals surface area (Å²) in [5.74, 6) is 0.913. The standard InChI is InChI=1S/C13H24N4O.HI/c1-5-14-13(15-8-10-18-4)17(3)11-12-7-6-9-16(12)2;/h6-7,9H,5,8,10-11H2,1-4H3,(H,14,15);1H. The van der Waals surface area contributed by atoms with Crippen molar-refractivity contribution in [3.05, 3.63) is 24.0 Å². The first kappa shape index (κ1) is 18.2. The van der Waals surface area contributed by atoms with Crippen molar-refractivity contribution in [1.29, 1.82) is 0 Å². The average Bonchev–Trinajstić information content (AvgIpc) is 2.74. The van der Waals surface area contributed by atoms with Crippen molar-refractivity contribution in [2.24, 2.45) is 12.0 Å². The number of guanidine groups is 1. The molecule has 0 unspecified atom stereocenters. The lowest BCUT2D eigenvalue weighted by Gasteiger charge is -2.22. The number of aromatic nitrogens is 1. The Morgan fingerprint density at radius 3 is 2.79 bits per heavy atom. The monoisotopic (exact) mass is 380 g/mol.